The fourth-order valence-electron chi connectivity index (χ4n) is 2.85. The number of rotatable bonds is 5. The van der Waals surface area contributed by atoms with Crippen LogP contribution in [0.3, 0.4) is 0 Å². The van der Waals surface area contributed by atoms with Gasteiger partial charge in [-0.05, 0) is 44.0 Å². The summed E-state index contributed by atoms with van der Waals surface area (Å²) < 4.78 is 8.97. The van der Waals surface area contributed by atoms with Crippen molar-refractivity contribution in [1.29, 1.82) is 0 Å². The number of amides is 1. The summed E-state index contributed by atoms with van der Waals surface area (Å²) in [6.07, 6.45) is 0.956. The van der Waals surface area contributed by atoms with E-state index in [1.54, 1.807) is 0 Å². The Labute approximate surface area is 151 Å². The number of aromatic nitrogens is 1. The van der Waals surface area contributed by atoms with Gasteiger partial charge in [-0.15, -0.1) is 0 Å². The highest BCUT2D eigenvalue weighted by Gasteiger charge is 2.13. The molecular weight excluding hydrogens is 332 g/mol. The molecular formula is C20H22N2O2S. The highest BCUT2D eigenvalue weighted by molar-refractivity contribution is 7.16. The monoisotopic (exact) mass is 354 g/mol. The van der Waals surface area contributed by atoms with Crippen molar-refractivity contribution in [3.05, 3.63) is 58.4 Å². The molecule has 25 heavy (non-hydrogen) atoms. The van der Waals surface area contributed by atoms with Crippen molar-refractivity contribution >= 4 is 27.5 Å². The van der Waals surface area contributed by atoms with Crippen LogP contribution in [0.1, 0.15) is 36.2 Å². The first kappa shape index (κ1) is 17.4. The lowest BCUT2D eigenvalue weighted by molar-refractivity contribution is 0.0997. The van der Waals surface area contributed by atoms with Crippen molar-refractivity contribution < 1.29 is 9.53 Å². The predicted molar refractivity (Wildman–Crippen MR) is 102 cm³/mol. The van der Waals surface area contributed by atoms with Gasteiger partial charge in [-0.2, -0.15) is 4.99 Å². The molecule has 1 heterocycles. The lowest BCUT2D eigenvalue weighted by Crippen LogP contribution is -2.17. The van der Waals surface area contributed by atoms with Gasteiger partial charge in [0, 0.05) is 12.1 Å². The first-order valence-corrected chi connectivity index (χ1v) is 9.37. The summed E-state index contributed by atoms with van der Waals surface area (Å²) in [5.41, 5.74) is 2.61. The molecule has 0 bridgehead atoms. The molecule has 0 N–H and O–H groups in total. The first-order chi connectivity index (χ1) is 12.2. The summed E-state index contributed by atoms with van der Waals surface area (Å²) in [4.78, 5) is 17.8. The molecule has 4 nitrogen and oxygen atoms in total. The molecule has 2 aromatic carbocycles. The molecule has 3 rings (SSSR count). The van der Waals surface area contributed by atoms with E-state index in [1.165, 1.54) is 11.3 Å². The SMILES string of the molecule is CCCn1c(=NC(=O)c2ccccc2C)sc2cccc(OCC)c21. The summed E-state index contributed by atoms with van der Waals surface area (Å²) in [5.74, 6) is 0.641. The summed E-state index contributed by atoms with van der Waals surface area (Å²) in [6, 6.07) is 13.5. The van der Waals surface area contributed by atoms with E-state index in [0.29, 0.717) is 12.2 Å². The number of para-hydroxylation sites is 1. The van der Waals surface area contributed by atoms with Crippen LogP contribution < -0.4 is 9.54 Å². The molecule has 3 aromatic rings. The Bertz CT molecular complexity index is 969. The summed E-state index contributed by atoms with van der Waals surface area (Å²) in [6.45, 7) is 7.43. The summed E-state index contributed by atoms with van der Waals surface area (Å²) >= 11 is 1.53. The van der Waals surface area contributed by atoms with E-state index in [2.05, 4.69) is 16.5 Å². The number of nitrogens with zero attached hydrogens (tertiary/aromatic N) is 2. The molecule has 0 aliphatic rings. The number of fused-ring (bicyclic) bond motifs is 1. The lowest BCUT2D eigenvalue weighted by atomic mass is 10.1. The topological polar surface area (TPSA) is 43.6 Å². The van der Waals surface area contributed by atoms with Crippen molar-refractivity contribution in [2.45, 2.75) is 33.7 Å². The zero-order valence-electron chi connectivity index (χ0n) is 14.8. The zero-order chi connectivity index (χ0) is 17.8. The Balaban J connectivity index is 2.18. The molecule has 1 aromatic heterocycles. The lowest BCUT2D eigenvalue weighted by Gasteiger charge is -2.08. The minimum Gasteiger partial charge on any atom is -0.492 e. The van der Waals surface area contributed by atoms with Crippen molar-refractivity contribution in [2.75, 3.05) is 6.61 Å². The largest absolute Gasteiger partial charge is 0.492 e. The molecule has 0 aliphatic heterocycles. The third-order valence-electron chi connectivity index (χ3n) is 3.98. The first-order valence-electron chi connectivity index (χ1n) is 8.55. The Morgan fingerprint density at radius 1 is 1.16 bits per heavy atom. The van der Waals surface area contributed by atoms with Crippen LogP contribution in [0.2, 0.25) is 0 Å². The highest BCUT2D eigenvalue weighted by Crippen LogP contribution is 2.28. The van der Waals surface area contributed by atoms with Gasteiger partial charge in [0.15, 0.2) is 4.80 Å². The van der Waals surface area contributed by atoms with E-state index in [1.807, 2.05) is 56.3 Å². The Morgan fingerprint density at radius 3 is 2.68 bits per heavy atom. The molecule has 0 spiro atoms. The molecule has 0 saturated carbocycles. The predicted octanol–water partition coefficient (Wildman–Crippen LogP) is 4.56. The zero-order valence-corrected chi connectivity index (χ0v) is 15.6. The number of carbonyl (C=O) groups is 1. The third-order valence-corrected chi connectivity index (χ3v) is 5.03. The average Bonchev–Trinajstić information content (AvgIpc) is 2.94. The summed E-state index contributed by atoms with van der Waals surface area (Å²) in [7, 11) is 0. The highest BCUT2D eigenvalue weighted by atomic mass is 32.1. The molecule has 1 amide bonds. The quantitative estimate of drug-likeness (QED) is 0.674. The number of hydrogen-bond donors (Lipinski definition) is 0. The van der Waals surface area contributed by atoms with Gasteiger partial charge in [0.2, 0.25) is 0 Å². The molecule has 0 radical (unpaired) electrons. The average molecular weight is 354 g/mol. The number of ether oxygens (including phenoxy) is 1. The molecule has 130 valence electrons. The molecule has 0 aliphatic carbocycles. The Hall–Kier alpha value is -2.40. The van der Waals surface area contributed by atoms with Gasteiger partial charge < -0.3 is 9.30 Å². The minimum atomic E-state index is -0.201. The molecule has 0 fully saturated rings. The molecule has 0 saturated heterocycles. The van der Waals surface area contributed by atoms with Crippen LogP contribution in [0.5, 0.6) is 5.75 Å². The third kappa shape index (κ3) is 3.51. The van der Waals surface area contributed by atoms with Crippen LogP contribution in [0, 0.1) is 6.92 Å². The molecule has 0 atom stereocenters. The van der Waals surface area contributed by atoms with E-state index in [0.717, 1.165) is 39.3 Å². The van der Waals surface area contributed by atoms with Gasteiger partial charge >= 0.3 is 0 Å². The Morgan fingerprint density at radius 2 is 1.96 bits per heavy atom. The number of thiazole rings is 1. The van der Waals surface area contributed by atoms with E-state index >= 15 is 0 Å². The van der Waals surface area contributed by atoms with Crippen LogP contribution in [0.25, 0.3) is 10.2 Å². The molecule has 5 heteroatoms. The van der Waals surface area contributed by atoms with E-state index in [9.17, 15) is 4.79 Å². The van der Waals surface area contributed by atoms with E-state index < -0.39 is 0 Å². The van der Waals surface area contributed by atoms with Gasteiger partial charge in [0.1, 0.15) is 11.3 Å². The number of hydrogen-bond acceptors (Lipinski definition) is 3. The minimum absolute atomic E-state index is 0.201. The fraction of sp³-hybridized carbons (Fsp3) is 0.300. The second-order valence-electron chi connectivity index (χ2n) is 5.80. The van der Waals surface area contributed by atoms with Crippen LogP contribution >= 0.6 is 11.3 Å². The fourth-order valence-corrected chi connectivity index (χ4v) is 3.92. The number of benzene rings is 2. The van der Waals surface area contributed by atoms with Crippen LogP contribution in [0.4, 0.5) is 0 Å². The van der Waals surface area contributed by atoms with E-state index in [-0.39, 0.29) is 5.91 Å². The maximum Gasteiger partial charge on any atom is 0.279 e. The normalized spacial score (nSPS) is 11.9. The van der Waals surface area contributed by atoms with Crippen LogP contribution in [-0.2, 0) is 6.54 Å². The second kappa shape index (κ2) is 7.66. The van der Waals surface area contributed by atoms with Crippen molar-refractivity contribution in [1.82, 2.24) is 4.57 Å². The smallest absolute Gasteiger partial charge is 0.279 e. The van der Waals surface area contributed by atoms with Gasteiger partial charge in [-0.3, -0.25) is 4.79 Å². The maximum absolute atomic E-state index is 12.7. The summed E-state index contributed by atoms with van der Waals surface area (Å²) in [5, 5.41) is 0. The van der Waals surface area contributed by atoms with Crippen LogP contribution in [-0.4, -0.2) is 17.1 Å². The number of aryl methyl sites for hydroxylation is 2. The van der Waals surface area contributed by atoms with Crippen molar-refractivity contribution in [3.8, 4) is 5.75 Å². The number of carbonyl (C=O) groups excluding carboxylic acids is 1. The van der Waals surface area contributed by atoms with Gasteiger partial charge in [0.05, 0.1) is 11.3 Å². The maximum atomic E-state index is 12.7. The van der Waals surface area contributed by atoms with Crippen molar-refractivity contribution in [2.24, 2.45) is 4.99 Å². The van der Waals surface area contributed by atoms with Gasteiger partial charge in [-0.1, -0.05) is 42.5 Å². The van der Waals surface area contributed by atoms with Gasteiger partial charge in [0.25, 0.3) is 5.91 Å². The Kier molecular flexibility index (Phi) is 5.34. The van der Waals surface area contributed by atoms with Crippen LogP contribution in [0.15, 0.2) is 47.5 Å². The second-order valence-corrected chi connectivity index (χ2v) is 6.81. The van der Waals surface area contributed by atoms with E-state index in [4.69, 9.17) is 4.74 Å². The van der Waals surface area contributed by atoms with Crippen molar-refractivity contribution in [3.63, 3.8) is 0 Å². The van der Waals surface area contributed by atoms with Gasteiger partial charge in [-0.25, -0.2) is 0 Å². The molecule has 0 unspecified atom stereocenters. The standard InChI is InChI=1S/C20H22N2O2S/c1-4-13-22-18-16(24-5-2)11-8-12-17(18)25-20(22)21-19(23)15-10-7-6-9-14(15)3/h6-12H,4-5,13H2,1-3H3.